The van der Waals surface area contributed by atoms with E-state index in [4.69, 9.17) is 40.1 Å². The van der Waals surface area contributed by atoms with Crippen LogP contribution in [0.15, 0.2) is 52.8 Å². The number of carboxylic acids is 1. The molecule has 0 aliphatic carbocycles. The van der Waals surface area contributed by atoms with Crippen molar-refractivity contribution < 1.29 is 62.6 Å². The highest BCUT2D eigenvalue weighted by Gasteiger charge is 2.40. The summed E-state index contributed by atoms with van der Waals surface area (Å²) in [6.45, 7) is 6.31. The van der Waals surface area contributed by atoms with Crippen molar-refractivity contribution >= 4 is 82.9 Å². The zero-order chi connectivity index (χ0) is 66.3. The van der Waals surface area contributed by atoms with Crippen LogP contribution in [0.2, 0.25) is 0 Å². The van der Waals surface area contributed by atoms with E-state index in [1.807, 2.05) is 0 Å². The number of imidazole rings is 1. The van der Waals surface area contributed by atoms with Gasteiger partial charge in [-0.3, -0.25) is 62.7 Å². The molecule has 1 aromatic carbocycles. The summed E-state index contributed by atoms with van der Waals surface area (Å²) in [5.74, 6) is -11.4. The first-order valence-electron chi connectivity index (χ1n) is 29.5. The smallest absolute Gasteiger partial charge is 0.326 e. The van der Waals surface area contributed by atoms with Crippen LogP contribution in [0.3, 0.4) is 0 Å². The number of guanidine groups is 2. The van der Waals surface area contributed by atoms with E-state index in [-0.39, 0.29) is 115 Å². The minimum Gasteiger partial charge on any atom is -0.480 e. The fourth-order valence-electron chi connectivity index (χ4n) is 9.44. The second-order valence-corrected chi connectivity index (χ2v) is 22.2. The average molecular weight is 1250 g/mol. The molecule has 0 radical (unpaired) electrons. The van der Waals surface area contributed by atoms with Crippen LogP contribution in [-0.2, 0) is 70.4 Å². The van der Waals surface area contributed by atoms with Gasteiger partial charge < -0.3 is 97.7 Å². The maximum atomic E-state index is 14.8. The summed E-state index contributed by atoms with van der Waals surface area (Å²) in [5.41, 5.74) is 39.6. The number of likely N-dealkylation sites (tertiary alicyclic amines) is 1. The fraction of sp³-hybridized carbons (Fsp3) is 0.589. The van der Waals surface area contributed by atoms with E-state index in [1.54, 1.807) is 58.0 Å². The quantitative estimate of drug-likeness (QED) is 0.0169. The molecule has 3 rings (SSSR count). The Morgan fingerprint density at radius 2 is 1.19 bits per heavy atom. The van der Waals surface area contributed by atoms with Crippen LogP contribution in [0, 0.1) is 11.8 Å². The molecule has 1 aliphatic rings. The molecule has 89 heavy (non-hydrogen) atoms. The number of primary amides is 2. The number of aromatic amines is 1. The van der Waals surface area contributed by atoms with Crippen LogP contribution >= 0.6 is 0 Å². The van der Waals surface area contributed by atoms with Crippen LogP contribution in [0.5, 0.6) is 0 Å². The van der Waals surface area contributed by atoms with Gasteiger partial charge in [-0.25, -0.2) is 9.78 Å². The third kappa shape index (κ3) is 27.0. The highest BCUT2D eigenvalue weighted by Crippen LogP contribution is 2.21. The number of nitrogens with one attached hydrogen (secondary N) is 9. The number of carboxylic acid groups (broad SMARTS) is 1. The molecule has 1 aromatic heterocycles. The number of rotatable bonds is 40. The van der Waals surface area contributed by atoms with Gasteiger partial charge in [0.25, 0.3) is 0 Å². The third-order valence-corrected chi connectivity index (χ3v) is 14.4. The topological polar surface area (TPSA) is 560 Å². The lowest BCUT2D eigenvalue weighted by atomic mass is 9.97. The summed E-state index contributed by atoms with van der Waals surface area (Å²) in [6.07, 6.45) is 2.55. The van der Waals surface area contributed by atoms with E-state index in [0.29, 0.717) is 24.1 Å². The molecular formula is C56H90N20O13. The van der Waals surface area contributed by atoms with Crippen LogP contribution in [-0.4, -0.2) is 183 Å². The van der Waals surface area contributed by atoms with E-state index in [0.717, 1.165) is 0 Å². The summed E-state index contributed by atoms with van der Waals surface area (Å²) in [6, 6.07) is -3.23. The van der Waals surface area contributed by atoms with Crippen molar-refractivity contribution in [1.29, 1.82) is 0 Å². The molecule has 0 saturated carbocycles. The number of nitrogens with two attached hydrogens (primary N) is 7. The molecule has 33 nitrogen and oxygen atoms in total. The molecule has 0 bridgehead atoms. The van der Waals surface area contributed by atoms with Crippen LogP contribution in [0.1, 0.15) is 116 Å². The number of hydrogen-bond donors (Lipinski definition) is 17. The minimum absolute atomic E-state index is 0.0103. The minimum atomic E-state index is -1.48. The lowest BCUT2D eigenvalue weighted by Crippen LogP contribution is -2.60. The van der Waals surface area contributed by atoms with Gasteiger partial charge >= 0.3 is 5.97 Å². The molecular weight excluding hydrogens is 1160 g/mol. The molecule has 33 heteroatoms. The molecule has 0 unspecified atom stereocenters. The van der Waals surface area contributed by atoms with E-state index < -0.39 is 138 Å². The maximum Gasteiger partial charge on any atom is 0.326 e. The van der Waals surface area contributed by atoms with Crippen molar-refractivity contribution in [2.75, 3.05) is 26.2 Å². The molecule has 11 amide bonds. The van der Waals surface area contributed by atoms with Crippen molar-refractivity contribution in [3.8, 4) is 0 Å². The Morgan fingerprint density at radius 3 is 1.72 bits per heavy atom. The highest BCUT2D eigenvalue weighted by atomic mass is 16.4. The number of aliphatic carboxylic acids is 1. The fourth-order valence-corrected chi connectivity index (χ4v) is 9.44. The zero-order valence-corrected chi connectivity index (χ0v) is 50.8. The number of carbonyl (C=O) groups is 12. The van der Waals surface area contributed by atoms with Crippen LogP contribution in [0.25, 0.3) is 0 Å². The summed E-state index contributed by atoms with van der Waals surface area (Å²) >= 11 is 0. The second-order valence-electron chi connectivity index (χ2n) is 22.2. The standard InChI is InChI=1S/C56H90N20O13/c1-5-31(4)45(52(86)71-36(15-10-22-66-56(62)63)48(82)70-37(18-20-43(59)78)50(84)74-40(54(88)89)24-30(2)3)75-44(79)28-67-47(81)38(26-33-27-64-29-68-33)72-51(85)41-16-11-23-76(41)53(87)39(25-32-12-7-6-8-13-32)73-49(83)35(14-9-21-65-55(60)61)69-46(80)34(57)17-19-42(58)77/h6-8,12-13,27,29-31,34-41,45H,5,9-11,14-26,28,57H2,1-4H3,(H2,58,77)(H2,59,78)(H,64,68)(H,67,81)(H,69,80)(H,70,82)(H,71,86)(H,72,85)(H,73,83)(H,74,84)(H,75,79)(H,88,89)(H4,60,61,65)(H4,62,63,66)/t31-,34-,35-,36-,37-,38-,39-,40-,41-,45-/m0/s1. The maximum absolute atomic E-state index is 14.8. The first kappa shape index (κ1) is 73.8. The summed E-state index contributed by atoms with van der Waals surface area (Å²) in [4.78, 5) is 177. The Hall–Kier alpha value is -9.43. The van der Waals surface area contributed by atoms with Crippen LogP contribution in [0.4, 0.5) is 0 Å². The lowest BCUT2D eigenvalue weighted by Gasteiger charge is -2.31. The van der Waals surface area contributed by atoms with Gasteiger partial charge in [0.05, 0.1) is 18.9 Å². The zero-order valence-electron chi connectivity index (χ0n) is 50.8. The van der Waals surface area contributed by atoms with Gasteiger partial charge in [-0.05, 0) is 75.2 Å². The normalized spacial score (nSPS) is 15.8. The number of H-pyrrole nitrogens is 1. The molecule has 1 saturated heterocycles. The summed E-state index contributed by atoms with van der Waals surface area (Å²) in [5, 5.41) is 30.5. The van der Waals surface area contributed by atoms with Gasteiger partial charge in [0.1, 0.15) is 48.3 Å². The Labute approximate surface area is 515 Å². The van der Waals surface area contributed by atoms with Gasteiger partial charge in [-0.1, -0.05) is 64.4 Å². The van der Waals surface area contributed by atoms with E-state index in [1.165, 1.54) is 17.4 Å². The number of aromatic nitrogens is 2. The van der Waals surface area contributed by atoms with E-state index in [9.17, 15) is 62.6 Å². The number of benzene rings is 1. The van der Waals surface area contributed by atoms with Gasteiger partial charge in [-0.2, -0.15) is 0 Å². The predicted molar refractivity (Wildman–Crippen MR) is 325 cm³/mol. The first-order valence-corrected chi connectivity index (χ1v) is 29.5. The molecule has 2 aromatic rings. The average Bonchev–Trinajstić information content (AvgIpc) is 4.12. The number of hydrogen-bond acceptors (Lipinski definition) is 16. The molecule has 1 fully saturated rings. The largest absolute Gasteiger partial charge is 0.480 e. The van der Waals surface area contributed by atoms with Crippen molar-refractivity contribution in [3.05, 3.63) is 54.1 Å². The van der Waals surface area contributed by atoms with Gasteiger partial charge in [0, 0.05) is 57.2 Å². The SMILES string of the molecule is CC[C@H](C)[C@H](NC(=O)CNC(=O)[C@H](Cc1cnc[nH]1)NC(=O)[C@@H]1CCCN1C(=O)[C@H](Cc1ccccc1)NC(=O)[C@H](CCCN=C(N)N)NC(=O)[C@@H](N)CCC(N)=O)C(=O)N[C@@H](CCCN=C(N)N)C(=O)N[C@@H](CCC(N)=O)C(=O)N[C@@H](CC(C)C)C(=O)O. The third-order valence-electron chi connectivity index (χ3n) is 14.4. The highest BCUT2D eigenvalue weighted by molar-refractivity contribution is 5.98. The van der Waals surface area contributed by atoms with Crippen LogP contribution < -0.4 is 82.7 Å². The molecule has 24 N–H and O–H groups in total. The molecule has 2 heterocycles. The second kappa shape index (κ2) is 38.0. The molecule has 492 valence electrons. The van der Waals surface area contributed by atoms with Gasteiger partial charge in [-0.15, -0.1) is 0 Å². The monoisotopic (exact) mass is 1250 g/mol. The number of carbonyl (C=O) groups excluding carboxylic acids is 11. The number of amides is 11. The molecule has 10 atom stereocenters. The summed E-state index contributed by atoms with van der Waals surface area (Å²) < 4.78 is 0. The Bertz CT molecular complexity index is 2780. The predicted octanol–water partition coefficient (Wildman–Crippen LogP) is -5.16. The lowest BCUT2D eigenvalue weighted by molar-refractivity contribution is -0.143. The number of nitrogens with zero attached hydrogens (tertiary/aromatic N) is 4. The van der Waals surface area contributed by atoms with Crippen molar-refractivity contribution in [2.24, 2.45) is 62.0 Å². The van der Waals surface area contributed by atoms with Crippen molar-refractivity contribution in [1.82, 2.24) is 57.4 Å². The van der Waals surface area contributed by atoms with Gasteiger partial charge in [0.15, 0.2) is 11.9 Å². The van der Waals surface area contributed by atoms with Gasteiger partial charge in [0.2, 0.25) is 65.0 Å². The Morgan fingerprint density at radius 1 is 0.652 bits per heavy atom. The van der Waals surface area contributed by atoms with Crippen molar-refractivity contribution in [3.63, 3.8) is 0 Å². The number of aliphatic imine (C=N–C) groups is 2. The Balaban J connectivity index is 1.86. The molecule has 1 aliphatic heterocycles. The first-order chi connectivity index (χ1) is 42.1. The Kier molecular flexibility index (Phi) is 31.5. The molecule has 0 spiro atoms. The van der Waals surface area contributed by atoms with Crippen molar-refractivity contribution in [2.45, 2.75) is 172 Å². The summed E-state index contributed by atoms with van der Waals surface area (Å²) in [7, 11) is 0. The van der Waals surface area contributed by atoms with E-state index in [2.05, 4.69) is 62.5 Å². The van der Waals surface area contributed by atoms with E-state index >= 15 is 0 Å².